The highest BCUT2D eigenvalue weighted by atomic mass is 35.5. The van der Waals surface area contributed by atoms with Gasteiger partial charge in [-0.1, -0.05) is 42.6 Å². The second-order valence-corrected chi connectivity index (χ2v) is 4.63. The van der Waals surface area contributed by atoms with Crippen molar-refractivity contribution in [3.05, 3.63) is 34.9 Å². The summed E-state index contributed by atoms with van der Waals surface area (Å²) in [6.45, 7) is 0. The molecule has 0 amide bonds. The fourth-order valence-electron chi connectivity index (χ4n) is 2.63. The fourth-order valence-corrected chi connectivity index (χ4v) is 2.92. The highest BCUT2D eigenvalue weighted by Crippen LogP contribution is 2.56. The monoisotopic (exact) mass is 208 g/mol. The minimum absolute atomic E-state index is 0.00338. The number of hydrogen-bond acceptors (Lipinski definition) is 1. The van der Waals surface area contributed by atoms with Gasteiger partial charge in [-0.2, -0.15) is 0 Å². The molecule has 1 aliphatic heterocycles. The van der Waals surface area contributed by atoms with Gasteiger partial charge in [-0.3, -0.25) is 0 Å². The normalized spacial score (nSPS) is 35.1. The van der Waals surface area contributed by atoms with Crippen LogP contribution in [0.2, 0.25) is 5.02 Å². The third-order valence-electron chi connectivity index (χ3n) is 3.41. The van der Waals surface area contributed by atoms with Gasteiger partial charge in [0, 0.05) is 10.6 Å². The minimum Gasteiger partial charge on any atom is -0.361 e. The Bertz CT molecular complexity index is 363. The molecule has 0 aromatic heterocycles. The molecule has 3 rings (SSSR count). The molecule has 0 radical (unpaired) electrons. The quantitative estimate of drug-likeness (QED) is 0.644. The van der Waals surface area contributed by atoms with Crippen LogP contribution in [0, 0.1) is 0 Å². The highest BCUT2D eigenvalue weighted by molar-refractivity contribution is 6.31. The predicted octanol–water partition coefficient (Wildman–Crippen LogP) is 3.51. The molecule has 2 unspecified atom stereocenters. The lowest BCUT2D eigenvalue weighted by Crippen LogP contribution is -2.17. The second-order valence-electron chi connectivity index (χ2n) is 4.22. The predicted molar refractivity (Wildman–Crippen MR) is 56.5 cm³/mol. The van der Waals surface area contributed by atoms with Gasteiger partial charge >= 0.3 is 0 Å². The number of rotatable bonds is 1. The van der Waals surface area contributed by atoms with E-state index in [0.29, 0.717) is 6.10 Å². The third kappa shape index (κ3) is 1.12. The third-order valence-corrected chi connectivity index (χ3v) is 3.74. The van der Waals surface area contributed by atoms with Gasteiger partial charge in [0.1, 0.15) is 5.60 Å². The van der Waals surface area contributed by atoms with Crippen LogP contribution in [0.4, 0.5) is 0 Å². The van der Waals surface area contributed by atoms with Crippen LogP contribution >= 0.6 is 11.6 Å². The molecular weight excluding hydrogens is 196 g/mol. The molecule has 1 heterocycles. The molecule has 2 fully saturated rings. The van der Waals surface area contributed by atoms with Gasteiger partial charge in [-0.25, -0.2) is 0 Å². The van der Waals surface area contributed by atoms with E-state index in [4.69, 9.17) is 16.3 Å². The Labute approximate surface area is 89.0 Å². The SMILES string of the molecule is Clc1ccccc1C12CCCCC1O2. The first kappa shape index (κ1) is 8.75. The maximum atomic E-state index is 6.19. The molecule has 0 N–H and O–H groups in total. The van der Waals surface area contributed by atoms with Crippen molar-refractivity contribution in [2.75, 3.05) is 0 Å². The van der Waals surface area contributed by atoms with Crippen molar-refractivity contribution in [2.45, 2.75) is 37.4 Å². The molecule has 2 atom stereocenters. The lowest BCUT2D eigenvalue weighted by molar-refractivity contribution is 0.289. The van der Waals surface area contributed by atoms with E-state index in [1.165, 1.54) is 24.8 Å². The standard InChI is InChI=1S/C12H13ClO/c13-10-6-2-1-5-9(10)12-8-4-3-7-11(12)14-12/h1-2,5-6,11H,3-4,7-8H2. The van der Waals surface area contributed by atoms with Crippen molar-refractivity contribution in [3.8, 4) is 0 Å². The van der Waals surface area contributed by atoms with Crippen molar-refractivity contribution in [1.29, 1.82) is 0 Å². The Morgan fingerprint density at radius 3 is 2.93 bits per heavy atom. The summed E-state index contributed by atoms with van der Waals surface area (Å²) in [6.07, 6.45) is 5.35. The summed E-state index contributed by atoms with van der Waals surface area (Å²) in [6, 6.07) is 8.08. The van der Waals surface area contributed by atoms with Crippen LogP contribution in [-0.4, -0.2) is 6.10 Å². The van der Waals surface area contributed by atoms with Crippen molar-refractivity contribution in [1.82, 2.24) is 0 Å². The van der Waals surface area contributed by atoms with E-state index >= 15 is 0 Å². The van der Waals surface area contributed by atoms with Crippen LogP contribution in [0.25, 0.3) is 0 Å². The average molecular weight is 209 g/mol. The first-order valence-electron chi connectivity index (χ1n) is 5.26. The summed E-state index contributed by atoms with van der Waals surface area (Å²) in [5, 5.41) is 0.858. The van der Waals surface area contributed by atoms with Gasteiger partial charge in [0.15, 0.2) is 0 Å². The van der Waals surface area contributed by atoms with E-state index in [1.807, 2.05) is 18.2 Å². The largest absolute Gasteiger partial charge is 0.361 e. The molecule has 1 nitrogen and oxygen atoms in total. The van der Waals surface area contributed by atoms with Gasteiger partial charge < -0.3 is 4.74 Å². The molecule has 1 saturated heterocycles. The summed E-state index contributed by atoms with van der Waals surface area (Å²) in [5.74, 6) is 0. The number of epoxide rings is 1. The summed E-state index contributed by atoms with van der Waals surface area (Å²) < 4.78 is 5.85. The maximum Gasteiger partial charge on any atom is 0.121 e. The molecule has 2 aliphatic rings. The zero-order valence-electron chi connectivity index (χ0n) is 8.00. The zero-order chi connectivity index (χ0) is 9.60. The molecule has 0 bridgehead atoms. The molecule has 2 heteroatoms. The maximum absolute atomic E-state index is 6.19. The molecule has 14 heavy (non-hydrogen) atoms. The summed E-state index contributed by atoms with van der Waals surface area (Å²) in [5.41, 5.74) is 1.20. The van der Waals surface area contributed by atoms with Crippen LogP contribution < -0.4 is 0 Å². The number of fused-ring (bicyclic) bond motifs is 1. The molecule has 1 saturated carbocycles. The zero-order valence-corrected chi connectivity index (χ0v) is 8.76. The van der Waals surface area contributed by atoms with E-state index in [0.717, 1.165) is 11.4 Å². The lowest BCUT2D eigenvalue weighted by atomic mass is 9.84. The van der Waals surface area contributed by atoms with Crippen molar-refractivity contribution in [2.24, 2.45) is 0 Å². The van der Waals surface area contributed by atoms with E-state index in [1.54, 1.807) is 0 Å². The Morgan fingerprint density at radius 2 is 2.14 bits per heavy atom. The Kier molecular flexibility index (Phi) is 1.86. The fraction of sp³-hybridized carbons (Fsp3) is 0.500. The molecular formula is C12H13ClO. The average Bonchev–Trinajstić information content (AvgIpc) is 2.93. The molecule has 74 valence electrons. The van der Waals surface area contributed by atoms with Crippen molar-refractivity contribution >= 4 is 11.6 Å². The minimum atomic E-state index is -0.00338. The topological polar surface area (TPSA) is 12.5 Å². The van der Waals surface area contributed by atoms with Crippen LogP contribution in [0.15, 0.2) is 24.3 Å². The van der Waals surface area contributed by atoms with Crippen LogP contribution in [0.3, 0.4) is 0 Å². The summed E-state index contributed by atoms with van der Waals surface area (Å²) in [7, 11) is 0. The van der Waals surface area contributed by atoms with Crippen molar-refractivity contribution < 1.29 is 4.74 Å². The molecule has 1 aromatic rings. The Balaban J connectivity index is 2.00. The molecule has 0 spiro atoms. The van der Waals surface area contributed by atoms with E-state index in [-0.39, 0.29) is 5.60 Å². The van der Waals surface area contributed by atoms with Gasteiger partial charge in [-0.05, 0) is 18.9 Å². The van der Waals surface area contributed by atoms with Gasteiger partial charge in [0.05, 0.1) is 6.10 Å². The van der Waals surface area contributed by atoms with Crippen LogP contribution in [0.1, 0.15) is 31.2 Å². The lowest BCUT2D eigenvalue weighted by Gasteiger charge is -2.18. The first-order chi connectivity index (χ1) is 6.83. The molecule has 1 aromatic carbocycles. The summed E-state index contributed by atoms with van der Waals surface area (Å²) >= 11 is 6.19. The number of halogens is 1. The Hall–Kier alpha value is -0.530. The smallest absolute Gasteiger partial charge is 0.121 e. The van der Waals surface area contributed by atoms with E-state index < -0.39 is 0 Å². The number of hydrogen-bond donors (Lipinski definition) is 0. The van der Waals surface area contributed by atoms with Gasteiger partial charge in [0.25, 0.3) is 0 Å². The van der Waals surface area contributed by atoms with Gasteiger partial charge in [-0.15, -0.1) is 0 Å². The number of benzene rings is 1. The van der Waals surface area contributed by atoms with Crippen LogP contribution in [0.5, 0.6) is 0 Å². The van der Waals surface area contributed by atoms with Crippen molar-refractivity contribution in [3.63, 3.8) is 0 Å². The highest BCUT2D eigenvalue weighted by Gasteiger charge is 2.58. The van der Waals surface area contributed by atoms with E-state index in [9.17, 15) is 0 Å². The second kappa shape index (κ2) is 2.98. The Morgan fingerprint density at radius 1 is 1.29 bits per heavy atom. The van der Waals surface area contributed by atoms with Crippen LogP contribution in [-0.2, 0) is 10.3 Å². The van der Waals surface area contributed by atoms with Gasteiger partial charge in [0.2, 0.25) is 0 Å². The number of ether oxygens (including phenoxy) is 1. The van der Waals surface area contributed by atoms with E-state index in [2.05, 4.69) is 6.07 Å². The molecule has 1 aliphatic carbocycles. The first-order valence-corrected chi connectivity index (χ1v) is 5.63. The summed E-state index contributed by atoms with van der Waals surface area (Å²) in [4.78, 5) is 0.